The van der Waals surface area contributed by atoms with E-state index in [4.69, 9.17) is 25.5 Å². The summed E-state index contributed by atoms with van der Waals surface area (Å²) in [6.45, 7) is 5.69. The van der Waals surface area contributed by atoms with Crippen molar-refractivity contribution in [3.63, 3.8) is 0 Å². The molecule has 0 aliphatic carbocycles. The largest absolute Gasteiger partial charge is 0.455 e. The molecular weight excluding hydrogens is 333 g/mol. The van der Waals surface area contributed by atoms with E-state index in [9.17, 15) is 4.39 Å². The van der Waals surface area contributed by atoms with Crippen LogP contribution in [-0.2, 0) is 4.74 Å². The Bertz CT molecular complexity index is 878. The van der Waals surface area contributed by atoms with Crippen LogP contribution in [0.3, 0.4) is 0 Å². The van der Waals surface area contributed by atoms with Gasteiger partial charge < -0.3 is 13.9 Å². The quantitative estimate of drug-likeness (QED) is 0.538. The molecule has 1 aromatic carbocycles. The lowest BCUT2D eigenvalue weighted by atomic mass is 10.1. The van der Waals surface area contributed by atoms with Crippen molar-refractivity contribution in [1.82, 2.24) is 4.98 Å². The fraction of sp³-hybridized carbons (Fsp3) is 0.167. The van der Waals surface area contributed by atoms with Crippen molar-refractivity contribution in [3.05, 3.63) is 65.8 Å². The second-order valence-electron chi connectivity index (χ2n) is 5.13. The maximum absolute atomic E-state index is 13.9. The van der Waals surface area contributed by atoms with Gasteiger partial charge in [-0.1, -0.05) is 17.7 Å². The molecule has 0 N–H and O–H groups in total. The van der Waals surface area contributed by atoms with Crippen LogP contribution in [0.2, 0.25) is 5.02 Å². The molecule has 3 rings (SSSR count). The molecule has 0 aliphatic heterocycles. The maximum Gasteiger partial charge on any atom is 0.226 e. The lowest BCUT2D eigenvalue weighted by Gasteiger charge is -2.18. The monoisotopic (exact) mass is 347 g/mol. The first-order valence-electron chi connectivity index (χ1n) is 7.31. The van der Waals surface area contributed by atoms with Gasteiger partial charge in [0.2, 0.25) is 5.71 Å². The van der Waals surface area contributed by atoms with Gasteiger partial charge in [-0.15, -0.1) is 6.58 Å². The van der Waals surface area contributed by atoms with Gasteiger partial charge in [-0.25, -0.2) is 9.37 Å². The van der Waals surface area contributed by atoms with Gasteiger partial charge in [-0.3, -0.25) is 0 Å². The number of furan rings is 1. The molecule has 2 heterocycles. The van der Waals surface area contributed by atoms with E-state index in [1.54, 1.807) is 31.4 Å². The highest BCUT2D eigenvalue weighted by molar-refractivity contribution is 6.31. The fourth-order valence-corrected chi connectivity index (χ4v) is 2.64. The molecule has 0 bridgehead atoms. The minimum atomic E-state index is -0.531. The Balaban J connectivity index is 1.96. The lowest BCUT2D eigenvalue weighted by Crippen LogP contribution is -2.04. The normalized spacial score (nSPS) is 12.3. The van der Waals surface area contributed by atoms with Gasteiger partial charge in [0.1, 0.15) is 17.3 Å². The minimum absolute atomic E-state index is 0.0265. The molecule has 2 aromatic heterocycles. The summed E-state index contributed by atoms with van der Waals surface area (Å²) in [5.41, 5.74) is 0.952. The number of aromatic nitrogens is 1. The number of hydrogen-bond donors (Lipinski definition) is 0. The van der Waals surface area contributed by atoms with Crippen LogP contribution < -0.4 is 4.74 Å². The molecule has 0 fully saturated rings. The molecular formula is C18H15ClFNO3. The summed E-state index contributed by atoms with van der Waals surface area (Å²) in [6, 6.07) is 6.33. The highest BCUT2D eigenvalue weighted by atomic mass is 35.5. The summed E-state index contributed by atoms with van der Waals surface area (Å²) in [6.07, 6.45) is 4.22. The number of fused-ring (bicyclic) bond motifs is 1. The number of benzene rings is 1. The Kier molecular flexibility index (Phi) is 4.83. The third-order valence-corrected chi connectivity index (χ3v) is 3.86. The predicted octanol–water partition coefficient (Wildman–Crippen LogP) is 5.68. The minimum Gasteiger partial charge on any atom is -0.455 e. The highest BCUT2D eigenvalue weighted by Gasteiger charge is 2.20. The molecule has 24 heavy (non-hydrogen) atoms. The Morgan fingerprint density at radius 2 is 2.25 bits per heavy atom. The predicted molar refractivity (Wildman–Crippen MR) is 90.1 cm³/mol. The Hall–Kier alpha value is -2.37. The first-order valence-corrected chi connectivity index (χ1v) is 7.69. The van der Waals surface area contributed by atoms with Gasteiger partial charge >= 0.3 is 0 Å². The van der Waals surface area contributed by atoms with Crippen molar-refractivity contribution in [2.75, 3.05) is 6.61 Å². The van der Waals surface area contributed by atoms with Crippen molar-refractivity contribution in [1.29, 1.82) is 0 Å². The fourth-order valence-electron chi connectivity index (χ4n) is 2.33. The van der Waals surface area contributed by atoms with Crippen LogP contribution in [-0.4, -0.2) is 11.6 Å². The van der Waals surface area contributed by atoms with Crippen molar-refractivity contribution in [2.45, 2.75) is 13.0 Å². The molecule has 3 aromatic rings. The summed E-state index contributed by atoms with van der Waals surface area (Å²) >= 11 is 6.12. The molecule has 1 atom stereocenters. The van der Waals surface area contributed by atoms with Crippen LogP contribution in [0, 0.1) is 5.82 Å². The van der Waals surface area contributed by atoms with Crippen molar-refractivity contribution >= 4 is 22.7 Å². The van der Waals surface area contributed by atoms with Crippen LogP contribution in [0.25, 0.3) is 11.1 Å². The van der Waals surface area contributed by atoms with E-state index >= 15 is 0 Å². The third-order valence-electron chi connectivity index (χ3n) is 3.47. The van der Waals surface area contributed by atoms with E-state index < -0.39 is 11.9 Å². The van der Waals surface area contributed by atoms with Crippen LogP contribution >= 0.6 is 11.6 Å². The summed E-state index contributed by atoms with van der Waals surface area (Å²) in [5, 5.41) is 0.777. The molecule has 1 unspecified atom stereocenters. The summed E-state index contributed by atoms with van der Waals surface area (Å²) in [5.74, 6) is 0.364. The maximum atomic E-state index is 13.9. The van der Waals surface area contributed by atoms with Crippen molar-refractivity contribution in [3.8, 4) is 11.5 Å². The van der Waals surface area contributed by atoms with Crippen LogP contribution in [0.5, 0.6) is 11.5 Å². The van der Waals surface area contributed by atoms with Gasteiger partial charge in [0.15, 0.2) is 0 Å². The number of hydrogen-bond acceptors (Lipinski definition) is 4. The average molecular weight is 348 g/mol. The van der Waals surface area contributed by atoms with Crippen LogP contribution in [0.4, 0.5) is 4.39 Å². The second-order valence-corrected chi connectivity index (χ2v) is 5.50. The number of pyridine rings is 1. The zero-order chi connectivity index (χ0) is 17.1. The molecule has 124 valence electrons. The lowest BCUT2D eigenvalue weighted by molar-refractivity contribution is 0.0869. The zero-order valence-corrected chi connectivity index (χ0v) is 13.7. The Morgan fingerprint density at radius 1 is 1.42 bits per heavy atom. The van der Waals surface area contributed by atoms with E-state index in [-0.39, 0.29) is 5.02 Å². The topological polar surface area (TPSA) is 44.5 Å². The molecule has 0 spiro atoms. The van der Waals surface area contributed by atoms with E-state index in [0.29, 0.717) is 29.4 Å². The number of halogens is 2. The number of nitrogens with zero attached hydrogens (tertiary/aromatic N) is 1. The van der Waals surface area contributed by atoms with Crippen LogP contribution in [0.15, 0.2) is 53.8 Å². The van der Waals surface area contributed by atoms with E-state index in [0.717, 1.165) is 5.39 Å². The van der Waals surface area contributed by atoms with E-state index in [2.05, 4.69) is 11.6 Å². The molecule has 0 aliphatic rings. The molecule has 0 saturated heterocycles. The Morgan fingerprint density at radius 3 is 3.04 bits per heavy atom. The molecule has 0 amide bonds. The van der Waals surface area contributed by atoms with Gasteiger partial charge in [0.05, 0.1) is 30.2 Å². The van der Waals surface area contributed by atoms with Crippen molar-refractivity contribution in [2.24, 2.45) is 0 Å². The first kappa shape index (κ1) is 16.5. The Labute approximate surface area is 143 Å². The number of rotatable bonds is 6. The summed E-state index contributed by atoms with van der Waals surface area (Å²) in [4.78, 5) is 4.16. The zero-order valence-electron chi connectivity index (χ0n) is 13.0. The third kappa shape index (κ3) is 3.27. The van der Waals surface area contributed by atoms with Crippen molar-refractivity contribution < 1.29 is 18.3 Å². The standard InChI is InChI=1S/C18H15ClFNO3/c1-3-7-22-11(2)16-15(5-4-14(20)17(16)19)24-13-9-12-6-8-23-18(12)21-10-13/h3-6,8-11H,1,7H2,2H3. The first-order chi connectivity index (χ1) is 11.6. The SMILES string of the molecule is C=CCOC(C)c1c(Oc2cnc3occc3c2)ccc(F)c1Cl. The average Bonchev–Trinajstić information content (AvgIpc) is 3.04. The molecule has 6 heteroatoms. The van der Waals surface area contributed by atoms with Gasteiger partial charge in [0.25, 0.3) is 0 Å². The van der Waals surface area contributed by atoms with Crippen LogP contribution in [0.1, 0.15) is 18.6 Å². The van der Waals surface area contributed by atoms with E-state index in [1.807, 2.05) is 0 Å². The number of ether oxygens (including phenoxy) is 2. The molecule has 0 saturated carbocycles. The smallest absolute Gasteiger partial charge is 0.226 e. The summed E-state index contributed by atoms with van der Waals surface area (Å²) < 4.78 is 30.5. The van der Waals surface area contributed by atoms with Gasteiger partial charge in [0, 0.05) is 10.9 Å². The van der Waals surface area contributed by atoms with Gasteiger partial charge in [-0.2, -0.15) is 0 Å². The molecule has 4 nitrogen and oxygen atoms in total. The van der Waals surface area contributed by atoms with Gasteiger partial charge in [-0.05, 0) is 31.2 Å². The summed E-state index contributed by atoms with van der Waals surface area (Å²) in [7, 11) is 0. The second kappa shape index (κ2) is 7.03. The highest BCUT2D eigenvalue weighted by Crippen LogP contribution is 2.38. The molecule has 0 radical (unpaired) electrons. The van der Waals surface area contributed by atoms with E-state index in [1.165, 1.54) is 18.3 Å².